The second-order valence-corrected chi connectivity index (χ2v) is 4.71. The molecule has 0 saturated carbocycles. The topological polar surface area (TPSA) is 45.4 Å². The van der Waals surface area contributed by atoms with Gasteiger partial charge in [-0.25, -0.2) is 4.98 Å². The molecule has 0 amide bonds. The van der Waals surface area contributed by atoms with Gasteiger partial charge in [-0.05, 0) is 38.1 Å². The van der Waals surface area contributed by atoms with Gasteiger partial charge in [0.1, 0.15) is 0 Å². The van der Waals surface area contributed by atoms with Gasteiger partial charge in [0.15, 0.2) is 5.82 Å². The zero-order valence-corrected chi connectivity index (χ0v) is 10.1. The van der Waals surface area contributed by atoms with Gasteiger partial charge in [-0.3, -0.25) is 0 Å². The van der Waals surface area contributed by atoms with Crippen LogP contribution in [0.3, 0.4) is 0 Å². The number of nitrogens with zero attached hydrogens (tertiary/aromatic N) is 3. The molecule has 2 heterocycles. The molecule has 0 bridgehead atoms. The number of aromatic nitrogens is 1. The minimum Gasteiger partial charge on any atom is -0.396 e. The Morgan fingerprint density at radius 3 is 3.06 bits per heavy atom. The van der Waals surface area contributed by atoms with Crippen molar-refractivity contribution < 1.29 is 0 Å². The quantitative estimate of drug-likeness (QED) is 0.827. The Hall–Kier alpha value is -1.29. The Morgan fingerprint density at radius 1 is 1.62 bits per heavy atom. The minimum absolute atomic E-state index is 0.733. The third kappa shape index (κ3) is 2.44. The highest BCUT2D eigenvalue weighted by Gasteiger charge is 2.21. The molecule has 1 aromatic rings. The van der Waals surface area contributed by atoms with E-state index in [1.54, 1.807) is 6.20 Å². The molecule has 0 aromatic carbocycles. The summed E-state index contributed by atoms with van der Waals surface area (Å²) in [6, 6.07) is 3.77. The van der Waals surface area contributed by atoms with E-state index in [-0.39, 0.29) is 0 Å². The SMILES string of the molecule is CN1CCC(CN(C)c2ncccc2N)C1. The molecule has 1 saturated heterocycles. The number of hydrogen-bond acceptors (Lipinski definition) is 4. The van der Waals surface area contributed by atoms with E-state index in [1.165, 1.54) is 19.5 Å². The maximum atomic E-state index is 5.91. The molecular weight excluding hydrogens is 200 g/mol. The number of nitrogen functional groups attached to an aromatic ring is 1. The summed E-state index contributed by atoms with van der Waals surface area (Å²) < 4.78 is 0. The largest absolute Gasteiger partial charge is 0.396 e. The van der Waals surface area contributed by atoms with E-state index in [1.807, 2.05) is 12.1 Å². The van der Waals surface area contributed by atoms with Gasteiger partial charge < -0.3 is 15.5 Å². The highest BCUT2D eigenvalue weighted by Crippen LogP contribution is 2.21. The van der Waals surface area contributed by atoms with Crippen LogP contribution >= 0.6 is 0 Å². The Morgan fingerprint density at radius 2 is 2.44 bits per heavy atom. The van der Waals surface area contributed by atoms with Crippen LogP contribution in [-0.2, 0) is 0 Å². The fourth-order valence-electron chi connectivity index (χ4n) is 2.38. The Kier molecular flexibility index (Phi) is 3.29. The first-order chi connectivity index (χ1) is 7.66. The summed E-state index contributed by atoms with van der Waals surface area (Å²) in [7, 11) is 4.24. The third-order valence-electron chi connectivity index (χ3n) is 3.20. The van der Waals surface area contributed by atoms with Crippen LogP contribution in [0.2, 0.25) is 0 Å². The summed E-state index contributed by atoms with van der Waals surface area (Å²) in [4.78, 5) is 8.87. The maximum absolute atomic E-state index is 5.91. The monoisotopic (exact) mass is 220 g/mol. The molecule has 0 radical (unpaired) electrons. The number of pyridine rings is 1. The van der Waals surface area contributed by atoms with E-state index < -0.39 is 0 Å². The van der Waals surface area contributed by atoms with E-state index in [0.717, 1.165) is 24.0 Å². The van der Waals surface area contributed by atoms with Crippen molar-refractivity contribution in [3.63, 3.8) is 0 Å². The lowest BCUT2D eigenvalue weighted by molar-refractivity contribution is 0.395. The molecule has 0 aliphatic carbocycles. The van der Waals surface area contributed by atoms with Crippen LogP contribution in [0.5, 0.6) is 0 Å². The lowest BCUT2D eigenvalue weighted by atomic mass is 10.1. The number of likely N-dealkylation sites (tertiary alicyclic amines) is 1. The van der Waals surface area contributed by atoms with Crippen molar-refractivity contribution in [1.29, 1.82) is 0 Å². The van der Waals surface area contributed by atoms with Crippen LogP contribution in [0.1, 0.15) is 6.42 Å². The summed E-state index contributed by atoms with van der Waals surface area (Å²) in [6.45, 7) is 3.42. The zero-order chi connectivity index (χ0) is 11.5. The second-order valence-electron chi connectivity index (χ2n) is 4.71. The van der Waals surface area contributed by atoms with Gasteiger partial charge >= 0.3 is 0 Å². The normalized spacial score (nSPS) is 21.2. The lowest BCUT2D eigenvalue weighted by Crippen LogP contribution is -2.28. The van der Waals surface area contributed by atoms with Crippen molar-refractivity contribution in [2.24, 2.45) is 5.92 Å². The average molecular weight is 220 g/mol. The molecule has 16 heavy (non-hydrogen) atoms. The van der Waals surface area contributed by atoms with Gasteiger partial charge in [-0.15, -0.1) is 0 Å². The van der Waals surface area contributed by atoms with Gasteiger partial charge in [0.25, 0.3) is 0 Å². The van der Waals surface area contributed by atoms with E-state index >= 15 is 0 Å². The predicted molar refractivity (Wildman–Crippen MR) is 67.5 cm³/mol. The van der Waals surface area contributed by atoms with Crippen molar-refractivity contribution in [3.8, 4) is 0 Å². The summed E-state index contributed by atoms with van der Waals surface area (Å²) in [5.74, 6) is 1.63. The van der Waals surface area contributed by atoms with Gasteiger partial charge in [0, 0.05) is 26.3 Å². The lowest BCUT2D eigenvalue weighted by Gasteiger charge is -2.23. The predicted octanol–water partition coefficient (Wildman–Crippen LogP) is 1.05. The fraction of sp³-hybridized carbons (Fsp3) is 0.583. The van der Waals surface area contributed by atoms with Gasteiger partial charge in [0.05, 0.1) is 5.69 Å². The smallest absolute Gasteiger partial charge is 0.151 e. The summed E-state index contributed by atoms with van der Waals surface area (Å²) in [5.41, 5.74) is 6.67. The third-order valence-corrected chi connectivity index (χ3v) is 3.20. The fourth-order valence-corrected chi connectivity index (χ4v) is 2.38. The molecule has 2 N–H and O–H groups in total. The summed E-state index contributed by atoms with van der Waals surface area (Å²) in [6.07, 6.45) is 3.07. The van der Waals surface area contributed by atoms with Crippen molar-refractivity contribution in [2.45, 2.75) is 6.42 Å². The van der Waals surface area contributed by atoms with Gasteiger partial charge in [0.2, 0.25) is 0 Å². The molecule has 1 aliphatic heterocycles. The molecule has 2 rings (SSSR count). The number of hydrogen-bond donors (Lipinski definition) is 1. The van der Waals surface area contributed by atoms with Crippen molar-refractivity contribution >= 4 is 11.5 Å². The standard InChI is InChI=1S/C12H20N4/c1-15-7-5-10(8-15)9-16(2)12-11(13)4-3-6-14-12/h3-4,6,10H,5,7-9,13H2,1-2H3. The van der Waals surface area contributed by atoms with Crippen LogP contribution in [0, 0.1) is 5.92 Å². The molecule has 0 spiro atoms. The highest BCUT2D eigenvalue weighted by atomic mass is 15.2. The van der Waals surface area contributed by atoms with Crippen LogP contribution in [-0.4, -0.2) is 43.6 Å². The Labute approximate surface area is 97.1 Å². The first kappa shape index (κ1) is 11.2. The second kappa shape index (κ2) is 4.70. The van der Waals surface area contributed by atoms with E-state index in [9.17, 15) is 0 Å². The van der Waals surface area contributed by atoms with Crippen LogP contribution in [0.25, 0.3) is 0 Å². The van der Waals surface area contributed by atoms with Crippen LogP contribution in [0.4, 0.5) is 11.5 Å². The van der Waals surface area contributed by atoms with Crippen molar-refractivity contribution in [1.82, 2.24) is 9.88 Å². The molecule has 88 valence electrons. The highest BCUT2D eigenvalue weighted by molar-refractivity contribution is 5.61. The molecule has 4 nitrogen and oxygen atoms in total. The molecule has 1 aromatic heterocycles. The van der Waals surface area contributed by atoms with Gasteiger partial charge in [-0.1, -0.05) is 0 Å². The molecule has 1 unspecified atom stereocenters. The van der Waals surface area contributed by atoms with Crippen molar-refractivity contribution in [3.05, 3.63) is 18.3 Å². The maximum Gasteiger partial charge on any atom is 0.151 e. The summed E-state index contributed by atoms with van der Waals surface area (Å²) >= 11 is 0. The minimum atomic E-state index is 0.733. The van der Waals surface area contributed by atoms with Gasteiger partial charge in [-0.2, -0.15) is 0 Å². The molecular formula is C12H20N4. The first-order valence-electron chi connectivity index (χ1n) is 5.77. The molecule has 4 heteroatoms. The van der Waals surface area contributed by atoms with E-state index in [2.05, 4.69) is 28.9 Å². The molecule has 1 fully saturated rings. The van der Waals surface area contributed by atoms with E-state index in [4.69, 9.17) is 5.73 Å². The van der Waals surface area contributed by atoms with Crippen LogP contribution in [0.15, 0.2) is 18.3 Å². The Bertz CT molecular complexity index is 353. The molecule has 1 aliphatic rings. The number of nitrogens with two attached hydrogens (primary N) is 1. The average Bonchev–Trinajstić information content (AvgIpc) is 2.64. The number of rotatable bonds is 3. The van der Waals surface area contributed by atoms with Crippen molar-refractivity contribution in [2.75, 3.05) is 44.4 Å². The van der Waals surface area contributed by atoms with E-state index in [0.29, 0.717) is 0 Å². The van der Waals surface area contributed by atoms with Crippen LogP contribution < -0.4 is 10.6 Å². The Balaban J connectivity index is 1.98. The number of anilines is 2. The summed E-state index contributed by atoms with van der Waals surface area (Å²) in [5, 5.41) is 0. The molecule has 1 atom stereocenters. The zero-order valence-electron chi connectivity index (χ0n) is 10.1. The first-order valence-corrected chi connectivity index (χ1v) is 5.77.